The second-order valence-electron chi connectivity index (χ2n) is 5.94. The maximum atomic E-state index is 5.72. The molecule has 3 nitrogen and oxygen atoms in total. The average Bonchev–Trinajstić information content (AvgIpc) is 2.93. The summed E-state index contributed by atoms with van der Waals surface area (Å²) >= 11 is 0. The van der Waals surface area contributed by atoms with Gasteiger partial charge in [0.1, 0.15) is 5.75 Å². The largest absolute Gasteiger partial charge is 0.494 e. The number of nitrogens with one attached hydrogen (secondary N) is 1. The minimum absolute atomic E-state index is 0.411. The van der Waals surface area contributed by atoms with Crippen LogP contribution in [-0.4, -0.2) is 25.9 Å². The van der Waals surface area contributed by atoms with Crippen LogP contribution in [0.3, 0.4) is 0 Å². The van der Waals surface area contributed by atoms with Crippen molar-refractivity contribution < 1.29 is 9.47 Å². The van der Waals surface area contributed by atoms with Crippen LogP contribution in [0.4, 0.5) is 0 Å². The quantitative estimate of drug-likeness (QED) is 0.790. The summed E-state index contributed by atoms with van der Waals surface area (Å²) in [5.74, 6) is 1.66. The van der Waals surface area contributed by atoms with Gasteiger partial charge in [0.15, 0.2) is 0 Å². The molecule has 1 heterocycles. The lowest BCUT2D eigenvalue weighted by Gasteiger charge is -2.11. The zero-order valence-electron chi connectivity index (χ0n) is 12.7. The zero-order chi connectivity index (χ0) is 14.2. The fourth-order valence-electron chi connectivity index (χ4n) is 2.30. The molecule has 0 aromatic heterocycles. The normalized spacial score (nSPS) is 18.6. The van der Waals surface area contributed by atoms with Gasteiger partial charge in [-0.2, -0.15) is 0 Å². The molecule has 0 unspecified atom stereocenters. The molecule has 1 aliphatic rings. The number of benzene rings is 1. The first-order chi connectivity index (χ1) is 9.74. The van der Waals surface area contributed by atoms with Crippen LogP contribution in [0, 0.1) is 5.92 Å². The number of rotatable bonds is 8. The number of hydrogen-bond acceptors (Lipinski definition) is 3. The molecule has 0 amide bonds. The van der Waals surface area contributed by atoms with Crippen molar-refractivity contribution in [3.8, 4) is 5.75 Å². The Morgan fingerprint density at radius 1 is 1.30 bits per heavy atom. The second-order valence-corrected chi connectivity index (χ2v) is 5.94. The maximum Gasteiger partial charge on any atom is 0.119 e. The molecule has 1 aliphatic heterocycles. The molecule has 0 radical (unpaired) electrons. The van der Waals surface area contributed by atoms with E-state index >= 15 is 0 Å². The molecule has 0 aliphatic carbocycles. The van der Waals surface area contributed by atoms with E-state index in [4.69, 9.17) is 9.47 Å². The van der Waals surface area contributed by atoms with Crippen LogP contribution in [0.15, 0.2) is 24.3 Å². The monoisotopic (exact) mass is 277 g/mol. The van der Waals surface area contributed by atoms with E-state index in [1.807, 2.05) is 0 Å². The predicted octanol–water partition coefficient (Wildman–Crippen LogP) is 3.38. The number of ether oxygens (including phenoxy) is 2. The molecule has 0 spiro atoms. The van der Waals surface area contributed by atoms with Crippen molar-refractivity contribution in [3.63, 3.8) is 0 Å². The van der Waals surface area contributed by atoms with Gasteiger partial charge < -0.3 is 14.8 Å². The van der Waals surface area contributed by atoms with Crippen LogP contribution in [0.25, 0.3) is 0 Å². The Hall–Kier alpha value is -1.06. The van der Waals surface area contributed by atoms with Crippen LogP contribution < -0.4 is 10.1 Å². The summed E-state index contributed by atoms with van der Waals surface area (Å²) in [6.07, 6.45) is 3.91. The molecule has 1 atom stereocenters. The first kappa shape index (κ1) is 15.3. The lowest BCUT2D eigenvalue weighted by atomic mass is 10.1. The summed E-state index contributed by atoms with van der Waals surface area (Å²) in [5, 5.41) is 3.46. The van der Waals surface area contributed by atoms with Crippen molar-refractivity contribution in [2.45, 2.75) is 45.8 Å². The minimum Gasteiger partial charge on any atom is -0.494 e. The van der Waals surface area contributed by atoms with Gasteiger partial charge in [0, 0.05) is 19.7 Å². The van der Waals surface area contributed by atoms with Crippen molar-refractivity contribution in [1.82, 2.24) is 5.32 Å². The lowest BCUT2D eigenvalue weighted by molar-refractivity contribution is 0.110. The summed E-state index contributed by atoms with van der Waals surface area (Å²) in [6.45, 7) is 8.00. The van der Waals surface area contributed by atoms with E-state index in [2.05, 4.69) is 43.4 Å². The summed E-state index contributed by atoms with van der Waals surface area (Å²) in [7, 11) is 0. The molecule has 1 aromatic carbocycles. The van der Waals surface area contributed by atoms with E-state index in [0.717, 1.165) is 38.5 Å². The molecule has 112 valence electrons. The highest BCUT2D eigenvalue weighted by atomic mass is 16.5. The third-order valence-electron chi connectivity index (χ3n) is 3.61. The van der Waals surface area contributed by atoms with E-state index in [1.165, 1.54) is 18.4 Å². The van der Waals surface area contributed by atoms with Gasteiger partial charge in [-0.1, -0.05) is 26.0 Å². The van der Waals surface area contributed by atoms with Crippen LogP contribution >= 0.6 is 0 Å². The molecule has 1 saturated heterocycles. The van der Waals surface area contributed by atoms with Crippen LogP contribution in [-0.2, 0) is 11.3 Å². The number of hydrogen-bond donors (Lipinski definition) is 1. The standard InChI is InChI=1S/C17H27NO2/c1-14(2)9-11-20-16-7-5-15(6-8-16)12-18-13-17-4-3-10-19-17/h5-8,14,17-18H,3-4,9-13H2,1-2H3/t17-/m0/s1. The highest BCUT2D eigenvalue weighted by Crippen LogP contribution is 2.14. The Morgan fingerprint density at radius 3 is 2.75 bits per heavy atom. The van der Waals surface area contributed by atoms with Gasteiger partial charge in [-0.3, -0.25) is 0 Å². The fourth-order valence-corrected chi connectivity index (χ4v) is 2.30. The highest BCUT2D eigenvalue weighted by Gasteiger charge is 2.14. The fraction of sp³-hybridized carbons (Fsp3) is 0.647. The molecule has 2 rings (SSSR count). The van der Waals surface area contributed by atoms with Gasteiger partial charge in [0.2, 0.25) is 0 Å². The van der Waals surface area contributed by atoms with Crippen molar-refractivity contribution in [2.24, 2.45) is 5.92 Å². The third-order valence-corrected chi connectivity index (χ3v) is 3.61. The summed E-state index contributed by atoms with van der Waals surface area (Å²) < 4.78 is 11.3. The van der Waals surface area contributed by atoms with E-state index in [1.54, 1.807) is 0 Å². The van der Waals surface area contributed by atoms with Crippen LogP contribution in [0.5, 0.6) is 5.75 Å². The Labute approximate surface area is 122 Å². The van der Waals surface area contributed by atoms with Crippen LogP contribution in [0.1, 0.15) is 38.7 Å². The SMILES string of the molecule is CC(C)CCOc1ccc(CNC[C@@H]2CCCO2)cc1. The smallest absolute Gasteiger partial charge is 0.119 e. The summed E-state index contributed by atoms with van der Waals surface area (Å²) in [6, 6.07) is 8.38. The van der Waals surface area contributed by atoms with Crippen molar-refractivity contribution >= 4 is 0 Å². The average molecular weight is 277 g/mol. The van der Waals surface area contributed by atoms with E-state index in [9.17, 15) is 0 Å². The van der Waals surface area contributed by atoms with Gasteiger partial charge in [-0.05, 0) is 42.9 Å². The van der Waals surface area contributed by atoms with E-state index in [-0.39, 0.29) is 0 Å². The minimum atomic E-state index is 0.411. The van der Waals surface area contributed by atoms with Gasteiger partial charge in [0.05, 0.1) is 12.7 Å². The Kier molecular flexibility index (Phi) is 6.34. The zero-order valence-corrected chi connectivity index (χ0v) is 12.7. The van der Waals surface area contributed by atoms with Crippen molar-refractivity contribution in [3.05, 3.63) is 29.8 Å². The van der Waals surface area contributed by atoms with E-state index < -0.39 is 0 Å². The Morgan fingerprint density at radius 2 is 2.10 bits per heavy atom. The molecular formula is C17H27NO2. The molecule has 0 saturated carbocycles. The van der Waals surface area contributed by atoms with Crippen molar-refractivity contribution in [1.29, 1.82) is 0 Å². The van der Waals surface area contributed by atoms with E-state index in [0.29, 0.717) is 12.0 Å². The topological polar surface area (TPSA) is 30.5 Å². The molecule has 1 fully saturated rings. The second kappa shape index (κ2) is 8.28. The lowest BCUT2D eigenvalue weighted by Crippen LogP contribution is -2.25. The Balaban J connectivity index is 1.65. The Bertz CT molecular complexity index is 369. The molecule has 0 bridgehead atoms. The molecule has 1 N–H and O–H groups in total. The molecule has 1 aromatic rings. The molecule has 20 heavy (non-hydrogen) atoms. The van der Waals surface area contributed by atoms with Gasteiger partial charge in [-0.25, -0.2) is 0 Å². The molecular weight excluding hydrogens is 250 g/mol. The first-order valence-electron chi connectivity index (χ1n) is 7.78. The van der Waals surface area contributed by atoms with Gasteiger partial charge >= 0.3 is 0 Å². The van der Waals surface area contributed by atoms with Gasteiger partial charge in [0.25, 0.3) is 0 Å². The van der Waals surface area contributed by atoms with Gasteiger partial charge in [-0.15, -0.1) is 0 Å². The van der Waals surface area contributed by atoms with Crippen molar-refractivity contribution in [2.75, 3.05) is 19.8 Å². The summed E-state index contributed by atoms with van der Waals surface area (Å²) in [4.78, 5) is 0. The summed E-state index contributed by atoms with van der Waals surface area (Å²) in [5.41, 5.74) is 1.29. The van der Waals surface area contributed by atoms with Crippen LogP contribution in [0.2, 0.25) is 0 Å². The molecule has 3 heteroatoms. The first-order valence-corrected chi connectivity index (χ1v) is 7.78. The predicted molar refractivity (Wildman–Crippen MR) is 82.1 cm³/mol. The highest BCUT2D eigenvalue weighted by molar-refractivity contribution is 5.27. The third kappa shape index (κ3) is 5.51. The maximum absolute atomic E-state index is 5.72.